The van der Waals surface area contributed by atoms with Crippen LogP contribution < -0.4 is 5.32 Å². The lowest BCUT2D eigenvalue weighted by Gasteiger charge is -2.32. The highest BCUT2D eigenvalue weighted by Gasteiger charge is 2.29. The Morgan fingerprint density at radius 1 is 1.35 bits per heavy atom. The summed E-state index contributed by atoms with van der Waals surface area (Å²) in [5, 5.41) is 21.7. The summed E-state index contributed by atoms with van der Waals surface area (Å²) in [6.45, 7) is 5.93. The highest BCUT2D eigenvalue weighted by molar-refractivity contribution is 5.75. The molecule has 2 unspecified atom stereocenters. The van der Waals surface area contributed by atoms with Crippen LogP contribution in [0.3, 0.4) is 0 Å². The second-order valence-electron chi connectivity index (χ2n) is 6.17. The third-order valence-corrected chi connectivity index (χ3v) is 3.60. The van der Waals surface area contributed by atoms with Crippen LogP contribution in [0.15, 0.2) is 0 Å². The molecule has 2 amide bonds. The summed E-state index contributed by atoms with van der Waals surface area (Å²) >= 11 is 0. The number of nitrogens with zero attached hydrogens (tertiary/aromatic N) is 1. The number of aliphatic hydroxyl groups is 1. The number of carbonyl (C=O) groups excluding carboxylic acids is 1. The van der Waals surface area contributed by atoms with Gasteiger partial charge in [-0.2, -0.15) is 0 Å². The van der Waals surface area contributed by atoms with Crippen LogP contribution in [0.4, 0.5) is 4.79 Å². The van der Waals surface area contributed by atoms with Gasteiger partial charge in [0.15, 0.2) is 0 Å². The van der Waals surface area contributed by atoms with Gasteiger partial charge in [0.05, 0.1) is 18.1 Å². The van der Waals surface area contributed by atoms with Crippen molar-refractivity contribution in [2.75, 3.05) is 13.1 Å². The second kappa shape index (κ2) is 6.92. The molecule has 6 nitrogen and oxygen atoms in total. The Labute approximate surface area is 120 Å². The molecule has 20 heavy (non-hydrogen) atoms. The number of carboxylic acid groups (broad SMARTS) is 1. The van der Waals surface area contributed by atoms with Crippen molar-refractivity contribution in [3.8, 4) is 0 Å². The van der Waals surface area contributed by atoms with Crippen molar-refractivity contribution >= 4 is 12.0 Å². The van der Waals surface area contributed by atoms with Crippen molar-refractivity contribution in [3.05, 3.63) is 0 Å². The summed E-state index contributed by atoms with van der Waals surface area (Å²) in [5.41, 5.74) is -0.941. The van der Waals surface area contributed by atoms with Crippen molar-refractivity contribution < 1.29 is 19.8 Å². The Morgan fingerprint density at radius 2 is 2.00 bits per heavy atom. The van der Waals surface area contributed by atoms with Crippen LogP contribution in [0.25, 0.3) is 0 Å². The molecule has 116 valence electrons. The average Bonchev–Trinajstić information content (AvgIpc) is 2.35. The Bertz CT molecular complexity index is 352. The van der Waals surface area contributed by atoms with E-state index in [1.54, 1.807) is 18.7 Å². The van der Waals surface area contributed by atoms with E-state index in [1.165, 1.54) is 0 Å². The molecule has 1 aliphatic carbocycles. The van der Waals surface area contributed by atoms with E-state index in [0.29, 0.717) is 19.4 Å². The molecule has 2 atom stereocenters. The molecule has 0 spiro atoms. The molecule has 1 aliphatic rings. The van der Waals surface area contributed by atoms with Gasteiger partial charge < -0.3 is 20.4 Å². The van der Waals surface area contributed by atoms with Crippen LogP contribution in [0.2, 0.25) is 0 Å². The van der Waals surface area contributed by atoms with E-state index < -0.39 is 11.6 Å². The lowest BCUT2D eigenvalue weighted by Crippen LogP contribution is -2.50. The first-order chi connectivity index (χ1) is 9.23. The second-order valence-corrected chi connectivity index (χ2v) is 6.17. The number of nitrogens with one attached hydrogen (secondary N) is 1. The Morgan fingerprint density at radius 3 is 2.50 bits per heavy atom. The molecule has 1 rings (SSSR count). The number of hydrogen-bond donors (Lipinski definition) is 3. The number of carbonyl (C=O) groups is 2. The molecule has 1 saturated carbocycles. The van der Waals surface area contributed by atoms with Gasteiger partial charge in [-0.25, -0.2) is 4.79 Å². The van der Waals surface area contributed by atoms with Crippen molar-refractivity contribution in [2.45, 2.75) is 58.1 Å². The van der Waals surface area contributed by atoms with E-state index in [1.807, 2.05) is 6.92 Å². The van der Waals surface area contributed by atoms with Crippen molar-refractivity contribution in [1.29, 1.82) is 0 Å². The molecule has 0 aromatic heterocycles. The van der Waals surface area contributed by atoms with Gasteiger partial charge in [-0.05, 0) is 40.0 Å². The monoisotopic (exact) mass is 286 g/mol. The largest absolute Gasteiger partial charge is 0.481 e. The Balaban J connectivity index is 2.53. The van der Waals surface area contributed by atoms with Gasteiger partial charge in [0.1, 0.15) is 0 Å². The van der Waals surface area contributed by atoms with E-state index in [4.69, 9.17) is 5.11 Å². The molecule has 0 aromatic rings. The number of urea groups is 1. The lowest BCUT2D eigenvalue weighted by molar-refractivity contribution is -0.143. The fraction of sp³-hybridized carbons (Fsp3) is 0.857. The molecule has 0 aromatic carbocycles. The van der Waals surface area contributed by atoms with E-state index in [0.717, 1.165) is 12.8 Å². The van der Waals surface area contributed by atoms with Crippen LogP contribution in [0, 0.1) is 5.92 Å². The van der Waals surface area contributed by atoms with Gasteiger partial charge in [-0.3, -0.25) is 4.79 Å². The quantitative estimate of drug-likeness (QED) is 0.713. The van der Waals surface area contributed by atoms with Gasteiger partial charge in [-0.1, -0.05) is 6.42 Å². The maximum atomic E-state index is 12.2. The highest BCUT2D eigenvalue weighted by atomic mass is 16.4. The third kappa shape index (κ3) is 5.36. The number of carboxylic acids is 1. The van der Waals surface area contributed by atoms with E-state index in [2.05, 4.69) is 5.32 Å². The summed E-state index contributed by atoms with van der Waals surface area (Å²) in [7, 11) is 0. The van der Waals surface area contributed by atoms with Crippen molar-refractivity contribution in [1.82, 2.24) is 10.2 Å². The zero-order chi connectivity index (χ0) is 15.3. The number of likely N-dealkylation sites (N-methyl/N-ethyl adjacent to an activating group) is 1. The summed E-state index contributed by atoms with van der Waals surface area (Å²) in [6, 6.07) is -0.320. The minimum atomic E-state index is -0.941. The number of hydrogen-bond acceptors (Lipinski definition) is 3. The highest BCUT2D eigenvalue weighted by Crippen LogP contribution is 2.24. The molecule has 0 saturated heterocycles. The van der Waals surface area contributed by atoms with Crippen LogP contribution >= 0.6 is 0 Å². The molecular weight excluding hydrogens is 260 g/mol. The Kier molecular flexibility index (Phi) is 5.80. The van der Waals surface area contributed by atoms with Crippen LogP contribution in [0.1, 0.15) is 46.5 Å². The molecule has 6 heteroatoms. The average molecular weight is 286 g/mol. The van der Waals surface area contributed by atoms with Gasteiger partial charge in [0, 0.05) is 12.6 Å². The van der Waals surface area contributed by atoms with Crippen molar-refractivity contribution in [2.24, 2.45) is 5.92 Å². The van der Waals surface area contributed by atoms with Crippen LogP contribution in [0.5, 0.6) is 0 Å². The summed E-state index contributed by atoms with van der Waals surface area (Å²) in [5.74, 6) is -1.15. The van der Waals surface area contributed by atoms with Gasteiger partial charge in [-0.15, -0.1) is 0 Å². The van der Waals surface area contributed by atoms with Crippen molar-refractivity contribution in [3.63, 3.8) is 0 Å². The molecule has 0 aliphatic heterocycles. The van der Waals surface area contributed by atoms with E-state index in [9.17, 15) is 14.7 Å². The minimum absolute atomic E-state index is 0.0896. The minimum Gasteiger partial charge on any atom is -0.481 e. The van der Waals surface area contributed by atoms with Gasteiger partial charge >= 0.3 is 12.0 Å². The first-order valence-electron chi connectivity index (χ1n) is 7.23. The number of amides is 2. The first-order valence-corrected chi connectivity index (χ1v) is 7.23. The summed E-state index contributed by atoms with van der Waals surface area (Å²) < 4.78 is 0. The normalized spacial score (nSPS) is 23.2. The topological polar surface area (TPSA) is 89.9 Å². The lowest BCUT2D eigenvalue weighted by atomic mass is 9.86. The molecule has 1 fully saturated rings. The van der Waals surface area contributed by atoms with E-state index in [-0.39, 0.29) is 24.5 Å². The maximum absolute atomic E-state index is 12.2. The van der Waals surface area contributed by atoms with Gasteiger partial charge in [0.2, 0.25) is 0 Å². The first kappa shape index (κ1) is 16.8. The summed E-state index contributed by atoms with van der Waals surface area (Å²) in [4.78, 5) is 24.7. The zero-order valence-corrected chi connectivity index (χ0v) is 12.6. The third-order valence-electron chi connectivity index (χ3n) is 3.60. The fourth-order valence-corrected chi connectivity index (χ4v) is 2.61. The smallest absolute Gasteiger partial charge is 0.317 e. The molecular formula is C14H26N2O4. The zero-order valence-electron chi connectivity index (χ0n) is 12.6. The van der Waals surface area contributed by atoms with Crippen LogP contribution in [-0.4, -0.2) is 51.8 Å². The van der Waals surface area contributed by atoms with Gasteiger partial charge in [0.25, 0.3) is 0 Å². The predicted octanol–water partition coefficient (Wildman–Crippen LogP) is 1.43. The molecule has 0 radical (unpaired) electrons. The molecule has 3 N–H and O–H groups in total. The summed E-state index contributed by atoms with van der Waals surface area (Å²) in [6.07, 6.45) is 2.80. The van der Waals surface area contributed by atoms with Crippen LogP contribution in [-0.2, 0) is 4.79 Å². The SMILES string of the molecule is CCN(CC(C)(C)O)C(=O)NC1CCCC(C(=O)O)C1. The number of aliphatic carboxylic acids is 1. The number of rotatable bonds is 5. The van der Waals surface area contributed by atoms with E-state index >= 15 is 0 Å². The maximum Gasteiger partial charge on any atom is 0.317 e. The molecule has 0 bridgehead atoms. The molecule has 0 heterocycles. The standard InChI is InChI=1S/C14H26N2O4/c1-4-16(9-14(2,3)20)13(19)15-11-7-5-6-10(8-11)12(17)18/h10-11,20H,4-9H2,1-3H3,(H,15,19)(H,17,18). The predicted molar refractivity (Wildman–Crippen MR) is 75.5 cm³/mol. The Hall–Kier alpha value is -1.30. The fourth-order valence-electron chi connectivity index (χ4n) is 2.61.